The monoisotopic (exact) mass is 264 g/mol. The van der Waals surface area contributed by atoms with E-state index < -0.39 is 0 Å². The Balaban J connectivity index is 1.66. The van der Waals surface area contributed by atoms with E-state index in [-0.39, 0.29) is 0 Å². The fourth-order valence-corrected chi connectivity index (χ4v) is 4.29. The molecule has 1 nitrogen and oxygen atoms in total. The third-order valence-electron chi connectivity index (χ3n) is 5.42. The minimum absolute atomic E-state index is 0.519. The van der Waals surface area contributed by atoms with Gasteiger partial charge in [0, 0.05) is 0 Å². The molecule has 0 radical (unpaired) electrons. The van der Waals surface area contributed by atoms with Crippen LogP contribution in [-0.4, -0.2) is 12.7 Å². The van der Waals surface area contributed by atoms with Gasteiger partial charge in [-0.1, -0.05) is 38.7 Å². The molecule has 110 valence electrons. The maximum absolute atomic E-state index is 5.80. The molecule has 2 aliphatic carbocycles. The van der Waals surface area contributed by atoms with Crippen LogP contribution >= 0.6 is 0 Å². The lowest BCUT2D eigenvalue weighted by molar-refractivity contribution is 0.0211. The smallest absolute Gasteiger partial charge is 0.0648 e. The summed E-state index contributed by atoms with van der Waals surface area (Å²) in [7, 11) is 0. The lowest BCUT2D eigenvalue weighted by Gasteiger charge is -2.37. The number of ether oxygens (including phenoxy) is 1. The van der Waals surface area contributed by atoms with Gasteiger partial charge in [-0.15, -0.1) is 6.58 Å². The van der Waals surface area contributed by atoms with Crippen molar-refractivity contribution in [3.63, 3.8) is 0 Å². The largest absolute Gasteiger partial charge is 0.374 e. The Kier molecular flexibility index (Phi) is 6.43. The first-order chi connectivity index (χ1) is 9.33. The third kappa shape index (κ3) is 4.63. The number of hydrogen-bond donors (Lipinski definition) is 0. The zero-order valence-electron chi connectivity index (χ0n) is 12.8. The van der Waals surface area contributed by atoms with E-state index in [4.69, 9.17) is 4.74 Å². The minimum Gasteiger partial charge on any atom is -0.374 e. The average molecular weight is 264 g/mol. The maximum Gasteiger partial charge on any atom is 0.0648 e. The zero-order chi connectivity index (χ0) is 13.5. The highest BCUT2D eigenvalue weighted by Gasteiger charge is 2.30. The molecule has 2 saturated carbocycles. The van der Waals surface area contributed by atoms with Crippen LogP contribution in [0.25, 0.3) is 0 Å². The predicted octanol–water partition coefficient (Wildman–Crippen LogP) is 5.35. The van der Waals surface area contributed by atoms with Crippen molar-refractivity contribution < 1.29 is 4.74 Å². The highest BCUT2D eigenvalue weighted by molar-refractivity contribution is 4.82. The predicted molar refractivity (Wildman–Crippen MR) is 82.3 cm³/mol. The zero-order valence-corrected chi connectivity index (χ0v) is 12.8. The van der Waals surface area contributed by atoms with Gasteiger partial charge in [-0.3, -0.25) is 0 Å². The van der Waals surface area contributed by atoms with Gasteiger partial charge in [0.05, 0.1) is 12.7 Å². The fourth-order valence-electron chi connectivity index (χ4n) is 4.29. The Morgan fingerprint density at radius 3 is 2.05 bits per heavy atom. The van der Waals surface area contributed by atoms with Gasteiger partial charge >= 0.3 is 0 Å². The van der Waals surface area contributed by atoms with Gasteiger partial charge in [-0.05, 0) is 56.3 Å². The van der Waals surface area contributed by atoms with Crippen molar-refractivity contribution in [2.45, 2.75) is 77.2 Å². The minimum atomic E-state index is 0.519. The van der Waals surface area contributed by atoms with Crippen LogP contribution in [0.5, 0.6) is 0 Å². The van der Waals surface area contributed by atoms with Crippen LogP contribution in [0.2, 0.25) is 0 Å². The first kappa shape index (κ1) is 15.1. The van der Waals surface area contributed by atoms with Crippen molar-refractivity contribution in [2.24, 2.45) is 17.8 Å². The first-order valence-corrected chi connectivity index (χ1v) is 8.56. The van der Waals surface area contributed by atoms with Gasteiger partial charge in [-0.25, -0.2) is 0 Å². The summed E-state index contributed by atoms with van der Waals surface area (Å²) >= 11 is 0. The number of hydrogen-bond acceptors (Lipinski definition) is 1. The topological polar surface area (TPSA) is 9.23 Å². The summed E-state index contributed by atoms with van der Waals surface area (Å²) in [5, 5.41) is 0. The van der Waals surface area contributed by atoms with Crippen molar-refractivity contribution in [3.05, 3.63) is 12.7 Å². The summed E-state index contributed by atoms with van der Waals surface area (Å²) in [6, 6.07) is 0. The van der Waals surface area contributed by atoms with Crippen LogP contribution in [0, 0.1) is 17.8 Å². The van der Waals surface area contributed by atoms with Crippen molar-refractivity contribution in [3.8, 4) is 0 Å². The standard InChI is InChI=1S/C18H32O/c1-3-5-15-6-8-16(9-7-15)17-10-12-18(13-11-17)19-14-4-2/h4,15-18H,2-3,5-14H2,1H3. The summed E-state index contributed by atoms with van der Waals surface area (Å²) < 4.78 is 5.80. The van der Waals surface area contributed by atoms with Crippen molar-refractivity contribution in [1.82, 2.24) is 0 Å². The van der Waals surface area contributed by atoms with Crippen LogP contribution in [0.4, 0.5) is 0 Å². The Morgan fingerprint density at radius 1 is 0.947 bits per heavy atom. The van der Waals surface area contributed by atoms with Gasteiger partial charge in [0.15, 0.2) is 0 Å². The van der Waals surface area contributed by atoms with Crippen LogP contribution < -0.4 is 0 Å². The van der Waals surface area contributed by atoms with Crippen molar-refractivity contribution in [2.75, 3.05) is 6.61 Å². The summed E-state index contributed by atoms with van der Waals surface area (Å²) in [6.07, 6.45) is 16.6. The summed E-state index contributed by atoms with van der Waals surface area (Å²) in [5.41, 5.74) is 0. The summed E-state index contributed by atoms with van der Waals surface area (Å²) in [5.74, 6) is 3.09. The third-order valence-corrected chi connectivity index (χ3v) is 5.42. The molecule has 0 atom stereocenters. The normalized spacial score (nSPS) is 36.1. The van der Waals surface area contributed by atoms with E-state index >= 15 is 0 Å². The van der Waals surface area contributed by atoms with E-state index in [2.05, 4.69) is 13.5 Å². The van der Waals surface area contributed by atoms with E-state index in [1.165, 1.54) is 64.2 Å². The van der Waals surface area contributed by atoms with Crippen molar-refractivity contribution in [1.29, 1.82) is 0 Å². The molecule has 0 saturated heterocycles. The Morgan fingerprint density at radius 2 is 1.53 bits per heavy atom. The second-order valence-electron chi connectivity index (χ2n) is 6.73. The second-order valence-corrected chi connectivity index (χ2v) is 6.73. The lowest BCUT2D eigenvalue weighted by Crippen LogP contribution is -2.28. The molecular weight excluding hydrogens is 232 g/mol. The summed E-state index contributed by atoms with van der Waals surface area (Å²) in [6.45, 7) is 6.79. The van der Waals surface area contributed by atoms with Crippen molar-refractivity contribution >= 4 is 0 Å². The Hall–Kier alpha value is -0.300. The molecule has 0 bridgehead atoms. The van der Waals surface area contributed by atoms with Gasteiger partial charge in [0.2, 0.25) is 0 Å². The van der Waals surface area contributed by atoms with E-state index in [1.807, 2.05) is 6.08 Å². The molecule has 0 N–H and O–H groups in total. The summed E-state index contributed by atoms with van der Waals surface area (Å²) in [4.78, 5) is 0. The average Bonchev–Trinajstić information content (AvgIpc) is 2.47. The lowest BCUT2D eigenvalue weighted by atomic mass is 9.70. The molecule has 0 unspecified atom stereocenters. The molecule has 0 aromatic carbocycles. The molecule has 1 heteroatoms. The maximum atomic E-state index is 5.80. The SMILES string of the molecule is C=CCOC1CCC(C2CCC(CCC)CC2)CC1. The molecule has 19 heavy (non-hydrogen) atoms. The molecule has 0 aromatic heterocycles. The molecular formula is C18H32O. The Bertz CT molecular complexity index is 244. The first-order valence-electron chi connectivity index (χ1n) is 8.56. The quantitative estimate of drug-likeness (QED) is 0.587. The number of rotatable bonds is 6. The fraction of sp³-hybridized carbons (Fsp3) is 0.889. The van der Waals surface area contributed by atoms with E-state index in [0.717, 1.165) is 24.4 Å². The van der Waals surface area contributed by atoms with Crippen LogP contribution in [0.15, 0.2) is 12.7 Å². The molecule has 0 spiro atoms. The molecule has 0 aliphatic heterocycles. The van der Waals surface area contributed by atoms with Crippen LogP contribution in [0.3, 0.4) is 0 Å². The van der Waals surface area contributed by atoms with Gasteiger partial charge in [0.1, 0.15) is 0 Å². The Labute approximate surface area is 119 Å². The van der Waals surface area contributed by atoms with E-state index in [9.17, 15) is 0 Å². The molecule has 0 heterocycles. The van der Waals surface area contributed by atoms with Gasteiger partial charge < -0.3 is 4.74 Å². The van der Waals surface area contributed by atoms with Crippen LogP contribution in [-0.2, 0) is 4.74 Å². The molecule has 2 aliphatic rings. The van der Waals surface area contributed by atoms with Crippen LogP contribution in [0.1, 0.15) is 71.1 Å². The van der Waals surface area contributed by atoms with E-state index in [1.54, 1.807) is 0 Å². The molecule has 0 aromatic rings. The highest BCUT2D eigenvalue weighted by atomic mass is 16.5. The molecule has 2 rings (SSSR count). The highest BCUT2D eigenvalue weighted by Crippen LogP contribution is 2.41. The molecule has 0 amide bonds. The molecule has 2 fully saturated rings. The van der Waals surface area contributed by atoms with Gasteiger partial charge in [-0.2, -0.15) is 0 Å². The van der Waals surface area contributed by atoms with Gasteiger partial charge in [0.25, 0.3) is 0 Å². The van der Waals surface area contributed by atoms with E-state index in [0.29, 0.717) is 6.10 Å². The second kappa shape index (κ2) is 8.09.